The third-order valence-corrected chi connectivity index (χ3v) is 5.21. The molecule has 0 saturated carbocycles. The van der Waals surface area contributed by atoms with Crippen LogP contribution in [-0.2, 0) is 0 Å². The summed E-state index contributed by atoms with van der Waals surface area (Å²) in [6.45, 7) is 4.85. The minimum atomic E-state index is 0.609. The van der Waals surface area contributed by atoms with Gasteiger partial charge in [-0.25, -0.2) is 0 Å². The third-order valence-electron chi connectivity index (χ3n) is 5.21. The monoisotopic (exact) mass is 234 g/mol. The van der Waals surface area contributed by atoms with Gasteiger partial charge in [0.1, 0.15) is 0 Å². The Morgan fingerprint density at radius 2 is 0.833 bits per heavy atom. The third kappa shape index (κ3) is 1.11. The average molecular weight is 234 g/mol. The second-order valence-corrected chi connectivity index (χ2v) is 5.93. The molecule has 3 aliphatic rings. The molecule has 0 N–H and O–H groups in total. The van der Waals surface area contributed by atoms with Crippen LogP contribution >= 0.6 is 0 Å². The summed E-state index contributed by atoms with van der Waals surface area (Å²) in [7, 11) is 0. The predicted molar refractivity (Wildman–Crippen MR) is 74.9 cm³/mol. The molecule has 0 spiro atoms. The molecule has 0 heteroatoms. The molecule has 0 nitrogen and oxygen atoms in total. The summed E-state index contributed by atoms with van der Waals surface area (Å²) >= 11 is 0. The van der Waals surface area contributed by atoms with E-state index in [4.69, 9.17) is 0 Å². The normalized spacial score (nSPS) is 31.9. The van der Waals surface area contributed by atoms with Crippen LogP contribution in [0.3, 0.4) is 0 Å². The second kappa shape index (κ2) is 3.47. The highest BCUT2D eigenvalue weighted by molar-refractivity contribution is 5.56. The van der Waals surface area contributed by atoms with Crippen LogP contribution in [0, 0.1) is 11.8 Å². The first-order valence-corrected chi connectivity index (χ1v) is 6.96. The summed E-state index contributed by atoms with van der Waals surface area (Å²) in [5.74, 6) is 2.72. The quantitative estimate of drug-likeness (QED) is 0.627. The Labute approximate surface area is 109 Å². The van der Waals surface area contributed by atoms with Gasteiger partial charge in [0, 0.05) is 11.8 Å². The first kappa shape index (κ1) is 10.4. The highest BCUT2D eigenvalue weighted by atomic mass is 14.5. The number of fused-ring (bicyclic) bond motifs is 1. The molecule has 2 aromatic carbocycles. The van der Waals surface area contributed by atoms with Crippen LogP contribution < -0.4 is 0 Å². The minimum absolute atomic E-state index is 0.609. The van der Waals surface area contributed by atoms with Crippen LogP contribution in [-0.4, -0.2) is 0 Å². The van der Waals surface area contributed by atoms with Crippen LogP contribution in [0.5, 0.6) is 0 Å². The summed E-state index contributed by atoms with van der Waals surface area (Å²) in [6.07, 6.45) is 0. The molecule has 18 heavy (non-hydrogen) atoms. The van der Waals surface area contributed by atoms with Crippen molar-refractivity contribution in [3.8, 4) is 0 Å². The zero-order valence-corrected chi connectivity index (χ0v) is 10.9. The molecular formula is C18H18. The van der Waals surface area contributed by atoms with Crippen molar-refractivity contribution in [2.24, 2.45) is 11.8 Å². The van der Waals surface area contributed by atoms with Gasteiger partial charge in [-0.1, -0.05) is 62.4 Å². The molecule has 3 aliphatic carbocycles. The Hall–Kier alpha value is -1.56. The van der Waals surface area contributed by atoms with E-state index in [0.717, 1.165) is 11.8 Å². The summed E-state index contributed by atoms with van der Waals surface area (Å²) in [4.78, 5) is 0. The van der Waals surface area contributed by atoms with E-state index in [2.05, 4.69) is 62.4 Å². The fourth-order valence-corrected chi connectivity index (χ4v) is 4.23. The van der Waals surface area contributed by atoms with Crippen molar-refractivity contribution in [3.63, 3.8) is 0 Å². The number of hydrogen-bond donors (Lipinski definition) is 0. The lowest BCUT2D eigenvalue weighted by molar-refractivity contribution is 0.271. The lowest BCUT2D eigenvalue weighted by Gasteiger charge is -2.48. The van der Waals surface area contributed by atoms with E-state index in [9.17, 15) is 0 Å². The molecule has 5 rings (SSSR count). The van der Waals surface area contributed by atoms with Gasteiger partial charge in [-0.3, -0.25) is 0 Å². The molecule has 0 fully saturated rings. The van der Waals surface area contributed by atoms with Crippen LogP contribution in [0.25, 0.3) is 0 Å². The summed E-state index contributed by atoms with van der Waals surface area (Å²) < 4.78 is 0. The van der Waals surface area contributed by atoms with Gasteiger partial charge in [-0.2, -0.15) is 0 Å². The molecule has 90 valence electrons. The number of hydrogen-bond acceptors (Lipinski definition) is 0. The SMILES string of the molecule is C[C@@H]1C2c3ccccc3C(c3ccccc32)[C@@H]1C. The second-order valence-electron chi connectivity index (χ2n) is 5.93. The molecule has 0 aliphatic heterocycles. The van der Waals surface area contributed by atoms with Crippen molar-refractivity contribution >= 4 is 0 Å². The van der Waals surface area contributed by atoms with E-state index < -0.39 is 0 Å². The van der Waals surface area contributed by atoms with Crippen LogP contribution in [0.4, 0.5) is 0 Å². The van der Waals surface area contributed by atoms with Crippen molar-refractivity contribution in [1.29, 1.82) is 0 Å². The number of benzene rings is 2. The predicted octanol–water partition coefficient (Wildman–Crippen LogP) is 4.55. The van der Waals surface area contributed by atoms with Gasteiger partial charge in [0.05, 0.1) is 0 Å². The van der Waals surface area contributed by atoms with E-state index in [1.54, 1.807) is 22.3 Å². The topological polar surface area (TPSA) is 0 Å². The van der Waals surface area contributed by atoms with Crippen molar-refractivity contribution in [2.45, 2.75) is 25.7 Å². The molecular weight excluding hydrogens is 216 g/mol. The molecule has 0 unspecified atom stereocenters. The molecule has 2 atom stereocenters. The van der Waals surface area contributed by atoms with E-state index in [-0.39, 0.29) is 0 Å². The summed E-state index contributed by atoms with van der Waals surface area (Å²) in [5, 5.41) is 0. The molecule has 2 bridgehead atoms. The summed E-state index contributed by atoms with van der Waals surface area (Å²) in [5.41, 5.74) is 6.30. The Morgan fingerprint density at radius 3 is 1.11 bits per heavy atom. The van der Waals surface area contributed by atoms with Gasteiger partial charge < -0.3 is 0 Å². The zero-order valence-electron chi connectivity index (χ0n) is 10.9. The maximum atomic E-state index is 2.42. The molecule has 0 saturated heterocycles. The van der Waals surface area contributed by atoms with E-state index >= 15 is 0 Å². The van der Waals surface area contributed by atoms with Crippen LogP contribution in [0.1, 0.15) is 47.9 Å². The van der Waals surface area contributed by atoms with Gasteiger partial charge in [0.15, 0.2) is 0 Å². The standard InChI is InChI=1S/C18H18/c1-11-12(2)18-15-9-5-3-7-13(15)17(11)14-8-4-6-10-16(14)18/h3-12,17-18H,1-2H3/t11-,12+,17?,18?. The van der Waals surface area contributed by atoms with E-state index in [1.165, 1.54) is 0 Å². The van der Waals surface area contributed by atoms with Crippen molar-refractivity contribution in [2.75, 3.05) is 0 Å². The van der Waals surface area contributed by atoms with E-state index in [0.29, 0.717) is 11.8 Å². The first-order valence-electron chi connectivity index (χ1n) is 6.96. The Bertz CT molecular complexity index is 509. The molecule has 0 radical (unpaired) electrons. The van der Waals surface area contributed by atoms with Crippen LogP contribution in [0.2, 0.25) is 0 Å². The van der Waals surface area contributed by atoms with Crippen molar-refractivity contribution < 1.29 is 0 Å². The average Bonchev–Trinajstić information content (AvgIpc) is 2.42. The van der Waals surface area contributed by atoms with Gasteiger partial charge in [0.25, 0.3) is 0 Å². The first-order chi connectivity index (χ1) is 8.79. The summed E-state index contributed by atoms with van der Waals surface area (Å²) in [6, 6.07) is 18.1. The lowest BCUT2D eigenvalue weighted by Crippen LogP contribution is -2.37. The molecule has 0 heterocycles. The Balaban J connectivity index is 2.06. The minimum Gasteiger partial charge on any atom is -0.0620 e. The fourth-order valence-electron chi connectivity index (χ4n) is 4.23. The maximum absolute atomic E-state index is 2.42. The Kier molecular flexibility index (Phi) is 2.00. The van der Waals surface area contributed by atoms with Crippen molar-refractivity contribution in [3.05, 3.63) is 70.8 Å². The molecule has 2 aromatic rings. The highest BCUT2D eigenvalue weighted by Gasteiger charge is 2.45. The van der Waals surface area contributed by atoms with Gasteiger partial charge in [-0.05, 0) is 34.1 Å². The largest absolute Gasteiger partial charge is 0.0620 e. The fraction of sp³-hybridized carbons (Fsp3) is 0.333. The molecule has 0 amide bonds. The van der Waals surface area contributed by atoms with Crippen LogP contribution in [0.15, 0.2) is 48.5 Å². The maximum Gasteiger partial charge on any atom is 0.0124 e. The Morgan fingerprint density at radius 1 is 0.556 bits per heavy atom. The number of rotatable bonds is 0. The van der Waals surface area contributed by atoms with Gasteiger partial charge in [-0.15, -0.1) is 0 Å². The smallest absolute Gasteiger partial charge is 0.0124 e. The highest BCUT2D eigenvalue weighted by Crippen LogP contribution is 2.57. The van der Waals surface area contributed by atoms with Gasteiger partial charge >= 0.3 is 0 Å². The van der Waals surface area contributed by atoms with Crippen molar-refractivity contribution in [1.82, 2.24) is 0 Å². The molecule has 0 aromatic heterocycles. The zero-order chi connectivity index (χ0) is 12.3. The van der Waals surface area contributed by atoms with Gasteiger partial charge in [0.2, 0.25) is 0 Å². The van der Waals surface area contributed by atoms with E-state index in [1.807, 2.05) is 0 Å². The lowest BCUT2D eigenvalue weighted by atomic mass is 9.55.